The Morgan fingerprint density at radius 1 is 0.964 bits per heavy atom. The minimum Gasteiger partial charge on any atom is -0.326 e. The monoisotopic (exact) mass is 454 g/mol. The Bertz CT molecular complexity index is 950. The summed E-state index contributed by atoms with van der Waals surface area (Å²) in [6.45, 7) is 6.67. The average Bonchev–Trinajstić information content (AvgIpc) is 3.26. The van der Waals surface area contributed by atoms with Gasteiger partial charge >= 0.3 is 0 Å². The highest BCUT2D eigenvalue weighted by Crippen LogP contribution is 2.41. The summed E-state index contributed by atoms with van der Waals surface area (Å²) in [5.41, 5.74) is 4.21. The summed E-state index contributed by atoms with van der Waals surface area (Å²) in [6.07, 6.45) is 7.97. The number of hydrogen-bond donors (Lipinski definition) is 0. The van der Waals surface area contributed by atoms with Gasteiger partial charge in [-0.05, 0) is 56.0 Å². The Labute approximate surface area is 184 Å². The molecule has 0 radical (unpaired) electrons. The Morgan fingerprint density at radius 2 is 1.64 bits per heavy atom. The van der Waals surface area contributed by atoms with Crippen LogP contribution in [0.15, 0.2) is 42.5 Å². The molecule has 28 heavy (non-hydrogen) atoms. The topological polar surface area (TPSA) is 17.1 Å². The molecule has 0 saturated carbocycles. The number of unbranched alkanes of at least 4 members (excludes halogenated alkanes) is 4. The number of benzene rings is 1. The van der Waals surface area contributed by atoms with E-state index >= 15 is 0 Å². The van der Waals surface area contributed by atoms with Crippen LogP contribution in [0, 0.1) is 13.8 Å². The summed E-state index contributed by atoms with van der Waals surface area (Å²) in [7, 11) is -1.62. The van der Waals surface area contributed by atoms with Crippen molar-refractivity contribution in [1.29, 1.82) is 2.56 Å². The Balaban J connectivity index is 0.000000575. The largest absolute Gasteiger partial charge is 0.326 e. The highest BCUT2D eigenvalue weighted by atomic mass is 32.1. The van der Waals surface area contributed by atoms with Gasteiger partial charge in [0.15, 0.2) is 0 Å². The molecule has 0 aliphatic carbocycles. The first-order valence-corrected chi connectivity index (χ1v) is 13.9. The van der Waals surface area contributed by atoms with E-state index in [1.54, 1.807) is 8.93 Å². The van der Waals surface area contributed by atoms with Gasteiger partial charge in [-0.1, -0.05) is 65.8 Å². The van der Waals surface area contributed by atoms with E-state index in [1.165, 1.54) is 74.7 Å². The molecule has 5 heteroatoms. The van der Waals surface area contributed by atoms with Crippen LogP contribution in [0.5, 0.6) is 0 Å². The van der Waals surface area contributed by atoms with Crippen LogP contribution in [0.4, 0.5) is 0 Å². The van der Waals surface area contributed by atoms with Crippen molar-refractivity contribution in [2.24, 2.45) is 0 Å². The first-order chi connectivity index (χ1) is 14.2. The normalized spacial score (nSPS) is 12.1. The SMILES string of the molecule is CCCCCCCc1ccc(-c2cc(C)sc2-c2ccc(C)s2)cc1.[3H]P([3H])(=O)P. The van der Waals surface area contributed by atoms with Crippen molar-refractivity contribution in [3.05, 3.63) is 57.8 Å². The molecule has 1 nitrogen and oxygen atoms in total. The lowest BCUT2D eigenvalue weighted by Crippen LogP contribution is -1.86. The highest BCUT2D eigenvalue weighted by molar-refractivity contribution is 7.96. The molecule has 0 saturated heterocycles. The second-order valence-corrected chi connectivity index (χ2v) is 10.4. The van der Waals surface area contributed by atoms with E-state index in [0.717, 1.165) is 0 Å². The maximum atomic E-state index is 9.51. The van der Waals surface area contributed by atoms with Crippen LogP contribution in [-0.2, 0) is 11.0 Å². The lowest BCUT2D eigenvalue weighted by molar-refractivity contribution is 0.605. The van der Waals surface area contributed by atoms with Crippen molar-refractivity contribution >= 4 is 39.6 Å². The molecule has 1 unspecified atom stereocenters. The van der Waals surface area contributed by atoms with E-state index in [1.807, 2.05) is 22.7 Å². The molecule has 0 fully saturated rings. The molecule has 0 aliphatic rings. The van der Waals surface area contributed by atoms with Crippen molar-refractivity contribution < 1.29 is 4.57 Å². The zero-order valence-corrected chi connectivity index (χ0v) is 20.7. The first kappa shape index (κ1) is 20.5. The molecular formula is C23H32OP2S2. The summed E-state index contributed by atoms with van der Waals surface area (Å²) in [5.74, 6) is 0. The fraction of sp³-hybridized carbons (Fsp3) is 0.391. The van der Waals surface area contributed by atoms with Gasteiger partial charge in [0, 0.05) is 20.2 Å². The summed E-state index contributed by atoms with van der Waals surface area (Å²) < 4.78 is 21.8. The molecule has 1 atom stereocenters. The van der Waals surface area contributed by atoms with Crippen LogP contribution in [0.3, 0.4) is 0 Å². The predicted molar refractivity (Wildman–Crippen MR) is 135 cm³/mol. The molecule has 3 rings (SSSR count). The molecule has 0 bridgehead atoms. The molecule has 0 aliphatic heterocycles. The van der Waals surface area contributed by atoms with E-state index in [0.29, 0.717) is 0 Å². The van der Waals surface area contributed by atoms with E-state index < -0.39 is 8.04 Å². The summed E-state index contributed by atoms with van der Waals surface area (Å²) in [5, 5.41) is 0. The fourth-order valence-corrected chi connectivity index (χ4v) is 5.28. The molecule has 1 aromatic carbocycles. The van der Waals surface area contributed by atoms with Crippen molar-refractivity contribution in [3.63, 3.8) is 0 Å². The maximum Gasteiger partial charge on any atom is 0.101 e. The van der Waals surface area contributed by atoms with Gasteiger partial charge in [0.25, 0.3) is 0 Å². The number of rotatable bonds is 8. The fourth-order valence-electron chi connectivity index (χ4n) is 3.25. The van der Waals surface area contributed by atoms with Crippen LogP contribution >= 0.6 is 39.6 Å². The van der Waals surface area contributed by atoms with Crippen molar-refractivity contribution in [2.45, 2.75) is 59.3 Å². The van der Waals surface area contributed by atoms with Gasteiger partial charge in [-0.15, -0.1) is 22.7 Å². The third-order valence-corrected chi connectivity index (χ3v) is 6.88. The molecule has 152 valence electrons. The summed E-state index contributed by atoms with van der Waals surface area (Å²) in [4.78, 5) is 5.58. The quantitative estimate of drug-likeness (QED) is 0.245. The van der Waals surface area contributed by atoms with Crippen LogP contribution in [0.2, 0.25) is 0 Å². The standard InChI is InChI=1S/C23H28S2.H4OP2/c1-4-5-6-7-8-9-19-11-13-20(14-12-19)21-16-18(3)25-23(21)22-15-10-17(2)24-22;1-3-2/h10-16H,4-9H2,1-3H3;2-3H2/i;3T2. The number of hydrogen-bond acceptors (Lipinski definition) is 3. The molecule has 0 spiro atoms. The molecule has 2 heterocycles. The van der Waals surface area contributed by atoms with Crippen molar-refractivity contribution in [1.82, 2.24) is 0 Å². The Morgan fingerprint density at radius 3 is 2.25 bits per heavy atom. The molecule has 3 aromatic rings. The zero-order chi connectivity index (χ0) is 22.1. The van der Waals surface area contributed by atoms with Gasteiger partial charge in [-0.3, -0.25) is 0 Å². The van der Waals surface area contributed by atoms with E-state index in [-0.39, 0.29) is 0 Å². The van der Waals surface area contributed by atoms with Gasteiger partial charge in [0.2, 0.25) is 0 Å². The third-order valence-electron chi connectivity index (χ3n) is 4.65. The summed E-state index contributed by atoms with van der Waals surface area (Å²) >= 11 is 3.81. The van der Waals surface area contributed by atoms with Crippen LogP contribution < -0.4 is 0 Å². The van der Waals surface area contributed by atoms with Crippen LogP contribution in [0.25, 0.3) is 20.9 Å². The highest BCUT2D eigenvalue weighted by Gasteiger charge is 2.13. The van der Waals surface area contributed by atoms with Gasteiger partial charge in [0.1, 0.15) is 2.56 Å². The van der Waals surface area contributed by atoms with Gasteiger partial charge < -0.3 is 4.57 Å². The molecular weight excluding hydrogens is 418 g/mol. The predicted octanol–water partition coefficient (Wildman–Crippen LogP) is 8.81. The minimum atomic E-state index is -3.22. The van der Waals surface area contributed by atoms with Gasteiger partial charge in [-0.2, -0.15) is 0 Å². The smallest absolute Gasteiger partial charge is 0.101 e. The minimum absolute atomic E-state index is 1.21. The van der Waals surface area contributed by atoms with E-state index in [2.05, 4.69) is 63.2 Å². The number of thiophene rings is 2. The van der Waals surface area contributed by atoms with Crippen LogP contribution in [-0.4, -0.2) is 2.56 Å². The second-order valence-electron chi connectivity index (χ2n) is 6.98. The second kappa shape index (κ2) is 12.8. The van der Waals surface area contributed by atoms with E-state index in [9.17, 15) is 4.57 Å². The third kappa shape index (κ3) is 7.27. The van der Waals surface area contributed by atoms with Crippen LogP contribution in [0.1, 0.15) is 54.3 Å². The maximum absolute atomic E-state index is 9.51. The Hall–Kier alpha value is -0.720. The van der Waals surface area contributed by atoms with Gasteiger partial charge in [0.05, 0.1) is 12.9 Å². The molecule has 0 amide bonds. The van der Waals surface area contributed by atoms with Crippen molar-refractivity contribution in [2.75, 3.05) is 0 Å². The lowest BCUT2D eigenvalue weighted by atomic mass is 10.0. The summed E-state index contributed by atoms with van der Waals surface area (Å²) in [6, 6.07) is 16.1. The lowest BCUT2D eigenvalue weighted by Gasteiger charge is -2.06. The zero-order valence-electron chi connectivity index (χ0n) is 19.0. The van der Waals surface area contributed by atoms with Gasteiger partial charge in [-0.25, -0.2) is 0 Å². The Kier molecular flexibility index (Phi) is 9.36. The molecule has 0 N–H and O–H groups in total. The number of aryl methyl sites for hydroxylation is 3. The van der Waals surface area contributed by atoms with Crippen molar-refractivity contribution in [3.8, 4) is 20.9 Å². The molecule has 2 aromatic heterocycles. The first-order valence-electron chi connectivity index (χ1n) is 10.8. The van der Waals surface area contributed by atoms with E-state index in [4.69, 9.17) is 2.56 Å². The average molecular weight is 455 g/mol.